The van der Waals surface area contributed by atoms with Crippen molar-refractivity contribution in [1.82, 2.24) is 10.7 Å². The first-order valence-corrected chi connectivity index (χ1v) is 9.32. The summed E-state index contributed by atoms with van der Waals surface area (Å²) >= 11 is 0. The first-order chi connectivity index (χ1) is 13.8. The summed E-state index contributed by atoms with van der Waals surface area (Å²) < 4.78 is 5.78. The fourth-order valence-corrected chi connectivity index (χ4v) is 3.27. The third-order valence-electron chi connectivity index (χ3n) is 4.56. The van der Waals surface area contributed by atoms with Gasteiger partial charge in [0, 0.05) is 41.3 Å². The van der Waals surface area contributed by atoms with Crippen LogP contribution in [0.25, 0.3) is 0 Å². The number of nitrogens with zero attached hydrogens (tertiary/aromatic N) is 2. The van der Waals surface area contributed by atoms with E-state index in [0.29, 0.717) is 29.9 Å². The second-order valence-electron chi connectivity index (χ2n) is 7.14. The highest BCUT2D eigenvalue weighted by atomic mass is 16.6. The summed E-state index contributed by atoms with van der Waals surface area (Å²) in [4.78, 5) is 35.1. The highest BCUT2D eigenvalue weighted by Gasteiger charge is 2.28. The number of fused-ring (bicyclic) bond motifs is 1. The fourth-order valence-electron chi connectivity index (χ4n) is 3.27. The number of hydrogen-bond acceptors (Lipinski definition) is 6. The first kappa shape index (κ1) is 20.2. The zero-order valence-electron chi connectivity index (χ0n) is 16.4. The van der Waals surface area contributed by atoms with E-state index in [9.17, 15) is 19.7 Å². The van der Waals surface area contributed by atoms with Gasteiger partial charge in [-0.15, -0.1) is 0 Å². The van der Waals surface area contributed by atoms with Crippen LogP contribution in [0.2, 0.25) is 0 Å². The number of carbonyl (C=O) groups is 2. The molecule has 1 aliphatic rings. The third kappa shape index (κ3) is 4.34. The van der Waals surface area contributed by atoms with Crippen LogP contribution in [0.3, 0.4) is 0 Å². The summed E-state index contributed by atoms with van der Waals surface area (Å²) in [6, 6.07) is 5.41. The van der Waals surface area contributed by atoms with E-state index in [-0.39, 0.29) is 29.0 Å². The molecule has 29 heavy (non-hydrogen) atoms. The second kappa shape index (κ2) is 8.26. The molecule has 0 fully saturated rings. The summed E-state index contributed by atoms with van der Waals surface area (Å²) in [5, 5.41) is 17.9. The van der Waals surface area contributed by atoms with Gasteiger partial charge < -0.3 is 9.73 Å². The Bertz CT molecular complexity index is 1010. The number of carbonyl (C=O) groups excluding carboxylic acids is 2. The standard InChI is InChI=1S/C20H22N4O5/c1-11(2)21-20(26)18-12(3)17-15(8-5-9-16(17)29-18)22-23-19(25)13-6-4-7-14(10-13)24(27)28/h4,6-7,10-11H,5,8-9H2,1-3H3,(H,21,26)(H,23,25)/b22-15+. The molecule has 0 saturated carbocycles. The van der Waals surface area contributed by atoms with Crippen LogP contribution in [0.1, 0.15) is 64.5 Å². The average molecular weight is 398 g/mol. The summed E-state index contributed by atoms with van der Waals surface area (Å²) in [5.41, 5.74) is 4.47. The summed E-state index contributed by atoms with van der Waals surface area (Å²) in [6.45, 7) is 5.53. The minimum Gasteiger partial charge on any atom is -0.455 e. The molecule has 0 unspecified atom stereocenters. The lowest BCUT2D eigenvalue weighted by Crippen LogP contribution is -2.30. The Kier molecular flexibility index (Phi) is 5.76. The molecule has 1 aromatic carbocycles. The highest BCUT2D eigenvalue weighted by molar-refractivity contribution is 6.07. The van der Waals surface area contributed by atoms with E-state index >= 15 is 0 Å². The number of amides is 2. The van der Waals surface area contributed by atoms with Crippen LogP contribution in [-0.4, -0.2) is 28.5 Å². The van der Waals surface area contributed by atoms with Crippen molar-refractivity contribution in [1.29, 1.82) is 0 Å². The summed E-state index contributed by atoms with van der Waals surface area (Å²) in [7, 11) is 0. The molecule has 2 aromatic rings. The van der Waals surface area contributed by atoms with Gasteiger partial charge in [0.05, 0.1) is 10.6 Å². The maximum atomic E-state index is 12.4. The van der Waals surface area contributed by atoms with Gasteiger partial charge in [-0.2, -0.15) is 5.10 Å². The van der Waals surface area contributed by atoms with Crippen molar-refractivity contribution < 1.29 is 18.9 Å². The zero-order chi connectivity index (χ0) is 21.1. The predicted molar refractivity (Wildman–Crippen MR) is 106 cm³/mol. The lowest BCUT2D eigenvalue weighted by atomic mass is 9.93. The third-order valence-corrected chi connectivity index (χ3v) is 4.56. The lowest BCUT2D eigenvalue weighted by molar-refractivity contribution is -0.384. The molecule has 1 heterocycles. The van der Waals surface area contributed by atoms with E-state index in [1.807, 2.05) is 13.8 Å². The Hall–Kier alpha value is -3.49. The fraction of sp³-hybridized carbons (Fsp3) is 0.350. The quantitative estimate of drug-likeness (QED) is 0.591. The van der Waals surface area contributed by atoms with Gasteiger partial charge in [0.25, 0.3) is 17.5 Å². The number of hydrogen-bond donors (Lipinski definition) is 2. The van der Waals surface area contributed by atoms with Gasteiger partial charge in [0.1, 0.15) is 5.76 Å². The maximum Gasteiger partial charge on any atom is 0.287 e. The van der Waals surface area contributed by atoms with Gasteiger partial charge in [-0.3, -0.25) is 19.7 Å². The van der Waals surface area contributed by atoms with E-state index in [1.54, 1.807) is 6.92 Å². The van der Waals surface area contributed by atoms with Gasteiger partial charge in [-0.1, -0.05) is 6.07 Å². The molecule has 1 aliphatic carbocycles. The van der Waals surface area contributed by atoms with Crippen LogP contribution < -0.4 is 10.7 Å². The summed E-state index contributed by atoms with van der Waals surface area (Å²) in [5.74, 6) is 0.0911. The van der Waals surface area contributed by atoms with Gasteiger partial charge in [0.15, 0.2) is 5.76 Å². The van der Waals surface area contributed by atoms with Crippen molar-refractivity contribution in [2.24, 2.45) is 5.10 Å². The molecule has 0 spiro atoms. The molecular formula is C20H22N4O5. The average Bonchev–Trinajstić information content (AvgIpc) is 3.03. The van der Waals surface area contributed by atoms with Crippen molar-refractivity contribution in [2.75, 3.05) is 0 Å². The summed E-state index contributed by atoms with van der Waals surface area (Å²) in [6.07, 6.45) is 2.08. The largest absolute Gasteiger partial charge is 0.455 e. The molecule has 0 atom stereocenters. The minimum atomic E-state index is -0.561. The highest BCUT2D eigenvalue weighted by Crippen LogP contribution is 2.30. The number of nitro groups is 1. The topological polar surface area (TPSA) is 127 Å². The van der Waals surface area contributed by atoms with E-state index in [2.05, 4.69) is 15.8 Å². The Morgan fingerprint density at radius 1 is 1.24 bits per heavy atom. The number of non-ortho nitro benzene ring substituents is 1. The molecule has 3 rings (SSSR count). The zero-order valence-corrected chi connectivity index (χ0v) is 16.4. The monoisotopic (exact) mass is 398 g/mol. The van der Waals surface area contributed by atoms with Gasteiger partial charge in [-0.25, -0.2) is 5.43 Å². The van der Waals surface area contributed by atoms with E-state index < -0.39 is 10.8 Å². The van der Waals surface area contributed by atoms with Crippen molar-refractivity contribution in [2.45, 2.75) is 46.1 Å². The normalized spacial score (nSPS) is 14.6. The van der Waals surface area contributed by atoms with E-state index in [4.69, 9.17) is 4.42 Å². The molecular weight excluding hydrogens is 376 g/mol. The van der Waals surface area contributed by atoms with Gasteiger partial charge >= 0.3 is 0 Å². The molecule has 2 amide bonds. The number of rotatable bonds is 5. The Labute approximate surface area is 167 Å². The van der Waals surface area contributed by atoms with Crippen LogP contribution in [0, 0.1) is 17.0 Å². The van der Waals surface area contributed by atoms with Crippen LogP contribution in [-0.2, 0) is 6.42 Å². The predicted octanol–water partition coefficient (Wildman–Crippen LogP) is 3.10. The smallest absolute Gasteiger partial charge is 0.287 e. The molecule has 0 saturated heterocycles. The van der Waals surface area contributed by atoms with Crippen molar-refractivity contribution >= 4 is 23.2 Å². The lowest BCUT2D eigenvalue weighted by Gasteiger charge is -2.13. The minimum absolute atomic E-state index is 0.0219. The first-order valence-electron chi connectivity index (χ1n) is 9.32. The maximum absolute atomic E-state index is 12.4. The van der Waals surface area contributed by atoms with Crippen molar-refractivity contribution in [3.8, 4) is 0 Å². The number of aryl methyl sites for hydroxylation is 1. The van der Waals surface area contributed by atoms with Crippen LogP contribution >= 0.6 is 0 Å². The molecule has 1 aromatic heterocycles. The molecule has 9 nitrogen and oxygen atoms in total. The number of nitrogens with one attached hydrogen (secondary N) is 2. The Morgan fingerprint density at radius 3 is 2.69 bits per heavy atom. The second-order valence-corrected chi connectivity index (χ2v) is 7.14. The Morgan fingerprint density at radius 2 is 2.00 bits per heavy atom. The number of furan rings is 1. The van der Waals surface area contributed by atoms with E-state index in [0.717, 1.165) is 12.0 Å². The van der Waals surface area contributed by atoms with Crippen LogP contribution in [0.4, 0.5) is 5.69 Å². The van der Waals surface area contributed by atoms with Gasteiger partial charge in [-0.05, 0) is 39.7 Å². The van der Waals surface area contributed by atoms with Crippen molar-refractivity contribution in [3.63, 3.8) is 0 Å². The molecule has 152 valence electrons. The van der Waals surface area contributed by atoms with Crippen molar-refractivity contribution in [3.05, 3.63) is 62.6 Å². The molecule has 9 heteroatoms. The van der Waals surface area contributed by atoms with Crippen LogP contribution in [0.15, 0.2) is 33.8 Å². The van der Waals surface area contributed by atoms with Crippen LogP contribution in [0.5, 0.6) is 0 Å². The molecule has 2 N–H and O–H groups in total. The molecule has 0 radical (unpaired) electrons. The number of hydrazone groups is 1. The molecule has 0 aliphatic heterocycles. The number of benzene rings is 1. The number of nitro benzene ring substituents is 1. The Balaban J connectivity index is 1.84. The van der Waals surface area contributed by atoms with Gasteiger partial charge in [0.2, 0.25) is 0 Å². The molecule has 0 bridgehead atoms. The van der Waals surface area contributed by atoms with E-state index in [1.165, 1.54) is 24.3 Å². The SMILES string of the molecule is Cc1c(C(=O)NC(C)C)oc2c1/C(=N/NC(=O)c1cccc([N+](=O)[O-])c1)CCC2.